The molecule has 6 nitrogen and oxygen atoms in total. The van der Waals surface area contributed by atoms with Gasteiger partial charge in [-0.1, -0.05) is 24.3 Å². The number of hydrogen-bond acceptors (Lipinski definition) is 4. The Labute approximate surface area is 112 Å². The zero-order valence-corrected chi connectivity index (χ0v) is 11.3. The topological polar surface area (TPSA) is 89.9 Å². The van der Waals surface area contributed by atoms with Crippen LogP contribution in [0.15, 0.2) is 24.3 Å². The molecule has 3 N–H and O–H groups in total. The number of nitrogens with one attached hydrogen (secondary N) is 1. The highest BCUT2D eigenvalue weighted by atomic mass is 32.2. The minimum absolute atomic E-state index is 0.315. The van der Waals surface area contributed by atoms with Crippen molar-refractivity contribution in [3.05, 3.63) is 35.4 Å². The van der Waals surface area contributed by atoms with E-state index in [0.29, 0.717) is 19.5 Å². The van der Waals surface area contributed by atoms with E-state index in [1.54, 1.807) is 0 Å². The highest BCUT2D eigenvalue weighted by Crippen LogP contribution is 2.20. The van der Waals surface area contributed by atoms with Crippen LogP contribution in [0, 0.1) is 0 Å². The fourth-order valence-corrected chi connectivity index (χ4v) is 3.45. The van der Waals surface area contributed by atoms with Crippen LogP contribution in [-0.2, 0) is 23.2 Å². The van der Waals surface area contributed by atoms with Gasteiger partial charge in [0.15, 0.2) is 0 Å². The molecule has 1 aromatic carbocycles. The molecule has 1 aromatic rings. The number of hydrogen-bond donors (Lipinski definition) is 3. The van der Waals surface area contributed by atoms with Gasteiger partial charge in [0.1, 0.15) is 0 Å². The van der Waals surface area contributed by atoms with Gasteiger partial charge in [-0.25, -0.2) is 0 Å². The van der Waals surface area contributed by atoms with Gasteiger partial charge in [-0.2, -0.15) is 17.4 Å². The number of rotatable bonds is 5. The Balaban J connectivity index is 2.11. The zero-order valence-electron chi connectivity index (χ0n) is 10.5. The summed E-state index contributed by atoms with van der Waals surface area (Å²) >= 11 is 0. The highest BCUT2D eigenvalue weighted by Gasteiger charge is 2.28. The fraction of sp³-hybridized carbons (Fsp3) is 0.500. The minimum atomic E-state index is -3.69. The summed E-state index contributed by atoms with van der Waals surface area (Å²) < 4.78 is 27.9. The second-order valence-electron chi connectivity index (χ2n) is 4.54. The molecule has 0 aromatic heterocycles. The monoisotopic (exact) mass is 286 g/mol. The van der Waals surface area contributed by atoms with Crippen LogP contribution in [0.5, 0.6) is 0 Å². The third-order valence-corrected chi connectivity index (χ3v) is 4.81. The van der Waals surface area contributed by atoms with Crippen molar-refractivity contribution in [2.45, 2.75) is 19.0 Å². The molecule has 0 saturated carbocycles. The van der Waals surface area contributed by atoms with Gasteiger partial charge >= 0.3 is 0 Å². The van der Waals surface area contributed by atoms with Crippen molar-refractivity contribution in [1.29, 1.82) is 0 Å². The number of aliphatic hydroxyl groups is 2. The van der Waals surface area contributed by atoms with E-state index in [1.807, 2.05) is 24.3 Å². The Morgan fingerprint density at radius 3 is 2.47 bits per heavy atom. The molecule has 1 heterocycles. The van der Waals surface area contributed by atoms with E-state index in [1.165, 1.54) is 4.31 Å². The molecular formula is C12H18N2O4S. The quantitative estimate of drug-likeness (QED) is 0.663. The molecular weight excluding hydrogens is 268 g/mol. The van der Waals surface area contributed by atoms with Crippen LogP contribution >= 0.6 is 0 Å². The number of fused-ring (bicyclic) bond motifs is 1. The minimum Gasteiger partial charge on any atom is -0.395 e. The van der Waals surface area contributed by atoms with E-state index in [-0.39, 0.29) is 0 Å². The summed E-state index contributed by atoms with van der Waals surface area (Å²) in [5.41, 5.74) is 2.15. The van der Waals surface area contributed by atoms with Crippen molar-refractivity contribution in [1.82, 2.24) is 9.03 Å². The van der Waals surface area contributed by atoms with E-state index in [9.17, 15) is 8.42 Å². The molecule has 2 rings (SSSR count). The van der Waals surface area contributed by atoms with Gasteiger partial charge in [0.05, 0.1) is 19.3 Å². The largest absolute Gasteiger partial charge is 0.395 e. The lowest BCUT2D eigenvalue weighted by atomic mass is 10.0. The van der Waals surface area contributed by atoms with E-state index < -0.39 is 29.5 Å². The molecule has 7 heteroatoms. The first-order valence-electron chi connectivity index (χ1n) is 6.12. The summed E-state index contributed by atoms with van der Waals surface area (Å²) in [6.07, 6.45) is 0.667. The van der Waals surface area contributed by atoms with Crippen LogP contribution in [0.2, 0.25) is 0 Å². The molecule has 0 radical (unpaired) electrons. The molecule has 0 bridgehead atoms. The van der Waals surface area contributed by atoms with Crippen molar-refractivity contribution < 1.29 is 18.6 Å². The Bertz CT molecular complexity index is 528. The summed E-state index contributed by atoms with van der Waals surface area (Å²) in [6, 6.07) is 6.87. The molecule has 0 unspecified atom stereocenters. The number of nitrogens with zero attached hydrogens (tertiary/aromatic N) is 1. The predicted molar refractivity (Wildman–Crippen MR) is 70.6 cm³/mol. The summed E-state index contributed by atoms with van der Waals surface area (Å²) in [6.45, 7) is -0.147. The van der Waals surface area contributed by atoms with Crippen LogP contribution in [-0.4, -0.2) is 48.7 Å². The molecule has 0 saturated heterocycles. The maximum absolute atomic E-state index is 12.1. The lowest BCUT2D eigenvalue weighted by molar-refractivity contribution is 0.182. The molecule has 1 aliphatic heterocycles. The average Bonchev–Trinajstić information content (AvgIpc) is 2.44. The van der Waals surface area contributed by atoms with Gasteiger partial charge in [-0.15, -0.1) is 0 Å². The molecule has 106 valence electrons. The first kappa shape index (κ1) is 14.4. The lowest BCUT2D eigenvalue weighted by Gasteiger charge is -2.29. The molecule has 0 spiro atoms. The van der Waals surface area contributed by atoms with Crippen LogP contribution in [0.1, 0.15) is 11.1 Å². The number of aliphatic hydroxyl groups excluding tert-OH is 2. The van der Waals surface area contributed by atoms with Crippen molar-refractivity contribution >= 4 is 10.2 Å². The number of benzene rings is 1. The summed E-state index contributed by atoms with van der Waals surface area (Å²) in [5.74, 6) is 0. The van der Waals surface area contributed by atoms with E-state index in [0.717, 1.165) is 11.1 Å². The van der Waals surface area contributed by atoms with Gasteiger partial charge in [0, 0.05) is 13.1 Å². The van der Waals surface area contributed by atoms with Crippen LogP contribution in [0.3, 0.4) is 0 Å². The van der Waals surface area contributed by atoms with Crippen LogP contribution < -0.4 is 4.72 Å². The molecule has 19 heavy (non-hydrogen) atoms. The molecule has 0 aliphatic carbocycles. The summed E-state index contributed by atoms with van der Waals surface area (Å²) in [4.78, 5) is 0. The average molecular weight is 286 g/mol. The first-order valence-corrected chi connectivity index (χ1v) is 7.56. The van der Waals surface area contributed by atoms with Gasteiger partial charge in [0.2, 0.25) is 0 Å². The summed E-state index contributed by atoms with van der Waals surface area (Å²) in [7, 11) is -3.69. The van der Waals surface area contributed by atoms with Crippen molar-refractivity contribution in [2.24, 2.45) is 0 Å². The standard InChI is InChI=1S/C12H18N2O4S/c15-8-12(9-16)13-19(17,18)14-6-5-10-3-1-2-4-11(10)7-14/h1-4,12-13,15-16H,5-9H2. The normalized spacial score (nSPS) is 16.6. The molecule has 0 atom stereocenters. The van der Waals surface area contributed by atoms with Gasteiger partial charge < -0.3 is 10.2 Å². The SMILES string of the molecule is O=S(=O)(NC(CO)CO)N1CCc2ccccc2C1. The Morgan fingerprint density at radius 2 is 1.84 bits per heavy atom. The van der Waals surface area contributed by atoms with E-state index >= 15 is 0 Å². The van der Waals surface area contributed by atoms with E-state index in [4.69, 9.17) is 10.2 Å². The van der Waals surface area contributed by atoms with Crippen molar-refractivity contribution in [2.75, 3.05) is 19.8 Å². The van der Waals surface area contributed by atoms with Crippen molar-refractivity contribution in [3.8, 4) is 0 Å². The fourth-order valence-electron chi connectivity index (χ4n) is 2.09. The Hall–Kier alpha value is -0.990. The van der Waals surface area contributed by atoms with Crippen LogP contribution in [0.25, 0.3) is 0 Å². The maximum Gasteiger partial charge on any atom is 0.280 e. The first-order chi connectivity index (χ1) is 9.06. The van der Waals surface area contributed by atoms with Gasteiger partial charge in [-0.05, 0) is 17.5 Å². The highest BCUT2D eigenvalue weighted by molar-refractivity contribution is 7.87. The molecule has 0 fully saturated rings. The summed E-state index contributed by atoms with van der Waals surface area (Å²) in [5, 5.41) is 17.9. The smallest absolute Gasteiger partial charge is 0.280 e. The predicted octanol–water partition coefficient (Wildman–Crippen LogP) is -0.768. The van der Waals surface area contributed by atoms with Crippen LogP contribution in [0.4, 0.5) is 0 Å². The molecule has 0 amide bonds. The third kappa shape index (κ3) is 3.31. The second-order valence-corrected chi connectivity index (χ2v) is 6.24. The van der Waals surface area contributed by atoms with E-state index in [2.05, 4.69) is 4.72 Å². The second kappa shape index (κ2) is 5.98. The third-order valence-electron chi connectivity index (χ3n) is 3.19. The Kier molecular flexibility index (Phi) is 4.54. The maximum atomic E-state index is 12.1. The van der Waals surface area contributed by atoms with Gasteiger partial charge in [-0.3, -0.25) is 0 Å². The molecule has 1 aliphatic rings. The van der Waals surface area contributed by atoms with Crippen molar-refractivity contribution in [3.63, 3.8) is 0 Å². The zero-order chi connectivity index (χ0) is 13.9. The lowest BCUT2D eigenvalue weighted by Crippen LogP contribution is -2.49. The van der Waals surface area contributed by atoms with Gasteiger partial charge in [0.25, 0.3) is 10.2 Å². The Morgan fingerprint density at radius 1 is 1.21 bits per heavy atom.